The Labute approximate surface area is 137 Å². The van der Waals surface area contributed by atoms with Crippen LogP contribution in [-0.2, 0) is 25.6 Å². The van der Waals surface area contributed by atoms with Crippen LogP contribution in [0.2, 0.25) is 0 Å². The van der Waals surface area contributed by atoms with Crippen LogP contribution in [0, 0.1) is 5.92 Å². The number of fused-ring (bicyclic) bond motifs is 1. The predicted octanol–water partition coefficient (Wildman–Crippen LogP) is 2.12. The van der Waals surface area contributed by atoms with Crippen LogP contribution < -0.4 is 0 Å². The van der Waals surface area contributed by atoms with Crippen molar-refractivity contribution in [3.63, 3.8) is 0 Å². The van der Waals surface area contributed by atoms with Crippen LogP contribution in [0.25, 0.3) is 0 Å². The number of benzene rings is 1. The molecule has 2 aliphatic rings. The normalized spacial score (nSPS) is 33.6. The van der Waals surface area contributed by atoms with Crippen LogP contribution in [0.1, 0.15) is 26.3 Å². The summed E-state index contributed by atoms with van der Waals surface area (Å²) in [5.74, 6) is -0.622. The van der Waals surface area contributed by atoms with Gasteiger partial charge in [-0.15, -0.1) is 0 Å². The van der Waals surface area contributed by atoms with E-state index < -0.39 is 5.79 Å². The highest BCUT2D eigenvalue weighted by Crippen LogP contribution is 2.41. The van der Waals surface area contributed by atoms with Gasteiger partial charge in [0.25, 0.3) is 0 Å². The second-order valence-corrected chi connectivity index (χ2v) is 6.86. The van der Waals surface area contributed by atoms with E-state index in [1.165, 1.54) is 0 Å². The molecule has 0 spiro atoms. The molecule has 23 heavy (non-hydrogen) atoms. The molecule has 128 valence electrons. The number of hydrogen-bond acceptors (Lipinski definition) is 5. The first-order valence-electron chi connectivity index (χ1n) is 8.24. The fraction of sp³-hybridized carbons (Fsp3) is 0.667. The second-order valence-electron chi connectivity index (χ2n) is 6.86. The highest BCUT2D eigenvalue weighted by molar-refractivity contribution is 5.13. The van der Waals surface area contributed by atoms with Gasteiger partial charge in [-0.2, -0.15) is 0 Å². The van der Waals surface area contributed by atoms with Gasteiger partial charge >= 0.3 is 0 Å². The van der Waals surface area contributed by atoms with Crippen LogP contribution in [0.15, 0.2) is 30.3 Å². The Morgan fingerprint density at radius 1 is 1.17 bits per heavy atom. The van der Waals surface area contributed by atoms with Gasteiger partial charge in [-0.3, -0.25) is 0 Å². The Hall–Kier alpha value is -0.980. The standard InChI is InChI=1S/C18H26O5/c1-12(9-19)15-17-16(22-18(2,3)23-17)14(21-15)11-20-10-13-7-5-4-6-8-13/h4-8,12,14-17,19H,9-11H2,1-3H3/t12?,14-,15+,16-,17+/m1/s1. The van der Waals surface area contributed by atoms with Crippen molar-refractivity contribution in [3.8, 4) is 0 Å². The SMILES string of the molecule is CC(CO)[C@@H]1O[C@H](COCc2ccccc2)[C@H]2OC(C)(C)O[C@H]21. The van der Waals surface area contributed by atoms with Crippen LogP contribution in [-0.4, -0.2) is 48.5 Å². The van der Waals surface area contributed by atoms with Gasteiger partial charge in [-0.25, -0.2) is 0 Å². The van der Waals surface area contributed by atoms with Gasteiger partial charge in [0.15, 0.2) is 5.79 Å². The zero-order valence-electron chi connectivity index (χ0n) is 14.0. The minimum atomic E-state index is -0.621. The summed E-state index contributed by atoms with van der Waals surface area (Å²) in [5.41, 5.74) is 1.13. The molecule has 0 amide bonds. The van der Waals surface area contributed by atoms with E-state index in [1.54, 1.807) is 0 Å². The van der Waals surface area contributed by atoms with Crippen molar-refractivity contribution in [2.24, 2.45) is 5.92 Å². The largest absolute Gasteiger partial charge is 0.396 e. The molecular weight excluding hydrogens is 296 g/mol. The van der Waals surface area contributed by atoms with Gasteiger partial charge in [-0.1, -0.05) is 37.3 Å². The van der Waals surface area contributed by atoms with Crippen molar-refractivity contribution in [2.45, 2.75) is 57.6 Å². The predicted molar refractivity (Wildman–Crippen MR) is 84.8 cm³/mol. The van der Waals surface area contributed by atoms with E-state index in [0.29, 0.717) is 13.2 Å². The molecular formula is C18H26O5. The third-order valence-corrected chi connectivity index (χ3v) is 4.43. The number of hydrogen-bond donors (Lipinski definition) is 1. The molecule has 5 atom stereocenters. The summed E-state index contributed by atoms with van der Waals surface area (Å²) in [7, 11) is 0. The maximum Gasteiger partial charge on any atom is 0.164 e. The van der Waals surface area contributed by atoms with Gasteiger partial charge in [0.2, 0.25) is 0 Å². The topological polar surface area (TPSA) is 57.2 Å². The van der Waals surface area contributed by atoms with Crippen molar-refractivity contribution in [2.75, 3.05) is 13.2 Å². The molecule has 1 unspecified atom stereocenters. The fourth-order valence-electron chi connectivity index (χ4n) is 3.28. The molecule has 2 aliphatic heterocycles. The minimum absolute atomic E-state index is 0.000812. The first-order valence-corrected chi connectivity index (χ1v) is 8.24. The highest BCUT2D eigenvalue weighted by Gasteiger charge is 2.56. The molecule has 5 heteroatoms. The van der Waals surface area contributed by atoms with E-state index in [9.17, 15) is 5.11 Å². The Morgan fingerprint density at radius 2 is 1.87 bits per heavy atom. The summed E-state index contributed by atoms with van der Waals surface area (Å²) in [6.45, 7) is 6.84. The van der Waals surface area contributed by atoms with Gasteiger partial charge in [0.05, 0.1) is 19.3 Å². The Balaban J connectivity index is 1.60. The summed E-state index contributed by atoms with van der Waals surface area (Å²) >= 11 is 0. The minimum Gasteiger partial charge on any atom is -0.396 e. The summed E-state index contributed by atoms with van der Waals surface area (Å²) in [5, 5.41) is 9.45. The Kier molecular flexibility index (Phi) is 5.04. The average molecular weight is 322 g/mol. The van der Waals surface area contributed by atoms with E-state index in [-0.39, 0.29) is 36.9 Å². The van der Waals surface area contributed by atoms with Crippen molar-refractivity contribution < 1.29 is 24.1 Å². The second kappa shape index (κ2) is 6.87. The summed E-state index contributed by atoms with van der Waals surface area (Å²) in [6, 6.07) is 10.0. The summed E-state index contributed by atoms with van der Waals surface area (Å²) < 4.78 is 23.9. The van der Waals surface area contributed by atoms with Crippen LogP contribution in [0.5, 0.6) is 0 Å². The lowest BCUT2D eigenvalue weighted by molar-refractivity contribution is -0.198. The van der Waals surface area contributed by atoms with E-state index in [0.717, 1.165) is 5.56 Å². The third-order valence-electron chi connectivity index (χ3n) is 4.43. The lowest BCUT2D eigenvalue weighted by atomic mass is 9.98. The molecule has 1 N–H and O–H groups in total. The van der Waals surface area contributed by atoms with Crippen molar-refractivity contribution in [1.82, 2.24) is 0 Å². The summed E-state index contributed by atoms with van der Waals surface area (Å²) in [6.07, 6.45) is -0.654. The number of aliphatic hydroxyl groups excluding tert-OH is 1. The zero-order valence-corrected chi connectivity index (χ0v) is 14.0. The number of ether oxygens (including phenoxy) is 4. The quantitative estimate of drug-likeness (QED) is 0.869. The van der Waals surface area contributed by atoms with Gasteiger partial charge < -0.3 is 24.1 Å². The molecule has 5 nitrogen and oxygen atoms in total. The van der Waals surface area contributed by atoms with Crippen LogP contribution in [0.3, 0.4) is 0 Å². The van der Waals surface area contributed by atoms with E-state index in [1.807, 2.05) is 51.1 Å². The third kappa shape index (κ3) is 3.75. The maximum atomic E-state index is 9.45. The lowest BCUT2D eigenvalue weighted by Gasteiger charge is -2.26. The van der Waals surface area contributed by atoms with Crippen LogP contribution in [0.4, 0.5) is 0 Å². The fourth-order valence-corrected chi connectivity index (χ4v) is 3.28. The molecule has 2 heterocycles. The van der Waals surface area contributed by atoms with Gasteiger partial charge in [0.1, 0.15) is 18.3 Å². The van der Waals surface area contributed by atoms with Crippen molar-refractivity contribution in [3.05, 3.63) is 35.9 Å². The molecule has 0 aromatic heterocycles. The van der Waals surface area contributed by atoms with Gasteiger partial charge in [0, 0.05) is 12.5 Å². The lowest BCUT2D eigenvalue weighted by Crippen LogP contribution is -2.35. The molecule has 0 radical (unpaired) electrons. The smallest absolute Gasteiger partial charge is 0.164 e. The molecule has 0 aliphatic carbocycles. The number of aliphatic hydroxyl groups is 1. The molecule has 3 rings (SSSR count). The molecule has 0 bridgehead atoms. The van der Waals surface area contributed by atoms with Crippen LogP contribution >= 0.6 is 0 Å². The van der Waals surface area contributed by atoms with E-state index in [2.05, 4.69) is 0 Å². The maximum absolute atomic E-state index is 9.45. The average Bonchev–Trinajstić information content (AvgIpc) is 3.01. The Morgan fingerprint density at radius 3 is 2.57 bits per heavy atom. The van der Waals surface area contributed by atoms with Crippen molar-refractivity contribution in [1.29, 1.82) is 0 Å². The first kappa shape index (κ1) is 16.9. The monoisotopic (exact) mass is 322 g/mol. The molecule has 1 aromatic rings. The Bertz CT molecular complexity index is 503. The van der Waals surface area contributed by atoms with E-state index >= 15 is 0 Å². The molecule has 0 saturated carbocycles. The molecule has 2 saturated heterocycles. The molecule has 2 fully saturated rings. The van der Waals surface area contributed by atoms with Crippen molar-refractivity contribution >= 4 is 0 Å². The van der Waals surface area contributed by atoms with E-state index in [4.69, 9.17) is 18.9 Å². The zero-order chi connectivity index (χ0) is 16.4. The highest BCUT2D eigenvalue weighted by atomic mass is 16.8. The first-order chi connectivity index (χ1) is 11.0. The number of rotatable bonds is 6. The van der Waals surface area contributed by atoms with Gasteiger partial charge in [-0.05, 0) is 19.4 Å². The molecule has 1 aromatic carbocycles. The summed E-state index contributed by atoms with van der Waals surface area (Å²) in [4.78, 5) is 0.